The number of amides is 2. The molecule has 0 saturated heterocycles. The highest BCUT2D eigenvalue weighted by atomic mass is 16.5. The normalized spacial score (nSPS) is 23.4. The van der Waals surface area contributed by atoms with E-state index in [-0.39, 0.29) is 23.6 Å². The van der Waals surface area contributed by atoms with Crippen LogP contribution in [0.4, 0.5) is 0 Å². The summed E-state index contributed by atoms with van der Waals surface area (Å²) < 4.78 is 5.32. The molecule has 0 aromatic heterocycles. The molecule has 6 nitrogen and oxygen atoms in total. The zero-order chi connectivity index (χ0) is 20.7. The third-order valence-electron chi connectivity index (χ3n) is 5.33. The zero-order valence-corrected chi connectivity index (χ0v) is 17.0. The van der Waals surface area contributed by atoms with Crippen molar-refractivity contribution in [3.63, 3.8) is 0 Å². The molecule has 1 aromatic rings. The molecule has 6 heteroatoms. The van der Waals surface area contributed by atoms with Crippen LogP contribution in [-0.4, -0.2) is 29.9 Å². The molecule has 0 radical (unpaired) electrons. The van der Waals surface area contributed by atoms with Crippen molar-refractivity contribution in [2.75, 3.05) is 0 Å². The van der Waals surface area contributed by atoms with E-state index in [1.165, 1.54) is 26.3 Å². The fourth-order valence-corrected chi connectivity index (χ4v) is 3.41. The molecular weight excluding hydrogens is 356 g/mol. The van der Waals surface area contributed by atoms with Gasteiger partial charge in [0.25, 0.3) is 5.91 Å². The number of carbonyl (C=O) groups is 3. The van der Waals surface area contributed by atoms with Crippen LogP contribution in [0.1, 0.15) is 52.5 Å². The monoisotopic (exact) mass is 386 g/mol. The molecule has 4 atom stereocenters. The molecule has 2 amide bonds. The average Bonchev–Trinajstić information content (AvgIpc) is 2.65. The van der Waals surface area contributed by atoms with E-state index in [1.54, 1.807) is 12.1 Å². The summed E-state index contributed by atoms with van der Waals surface area (Å²) in [5.41, 5.74) is 0.739. The summed E-state index contributed by atoms with van der Waals surface area (Å²) in [7, 11) is 0. The minimum absolute atomic E-state index is 0.00185. The number of carbonyl (C=O) groups excluding carboxylic acids is 3. The van der Waals surface area contributed by atoms with Gasteiger partial charge in [-0.15, -0.1) is 0 Å². The van der Waals surface area contributed by atoms with E-state index in [1.807, 2.05) is 18.2 Å². The molecule has 28 heavy (non-hydrogen) atoms. The van der Waals surface area contributed by atoms with Crippen LogP contribution >= 0.6 is 0 Å². The Hall–Kier alpha value is -2.63. The molecule has 1 aliphatic carbocycles. The highest BCUT2D eigenvalue weighted by Gasteiger charge is 2.30. The van der Waals surface area contributed by atoms with Crippen LogP contribution in [0.15, 0.2) is 36.0 Å². The van der Waals surface area contributed by atoms with Crippen LogP contribution in [-0.2, 0) is 19.1 Å². The number of nitrogens with one attached hydrogen (secondary N) is 2. The minimum Gasteiger partial charge on any atom is -0.448 e. The third kappa shape index (κ3) is 6.22. The summed E-state index contributed by atoms with van der Waals surface area (Å²) in [5, 5.41) is 5.49. The Kier molecular flexibility index (Phi) is 7.79. The predicted molar refractivity (Wildman–Crippen MR) is 108 cm³/mol. The van der Waals surface area contributed by atoms with Crippen LogP contribution in [0.25, 0.3) is 6.08 Å². The first-order chi connectivity index (χ1) is 13.3. The smallest absolute Gasteiger partial charge is 0.355 e. The first-order valence-corrected chi connectivity index (χ1v) is 9.83. The number of hydrogen-bond acceptors (Lipinski definition) is 4. The van der Waals surface area contributed by atoms with E-state index in [0.29, 0.717) is 11.8 Å². The van der Waals surface area contributed by atoms with Crippen LogP contribution in [0.2, 0.25) is 0 Å². The van der Waals surface area contributed by atoms with Gasteiger partial charge >= 0.3 is 5.97 Å². The Morgan fingerprint density at radius 1 is 1.14 bits per heavy atom. The lowest BCUT2D eigenvalue weighted by Crippen LogP contribution is -2.48. The van der Waals surface area contributed by atoms with E-state index >= 15 is 0 Å². The van der Waals surface area contributed by atoms with Crippen molar-refractivity contribution in [2.45, 2.75) is 59.1 Å². The lowest BCUT2D eigenvalue weighted by atomic mass is 9.78. The fraction of sp³-hybridized carbons (Fsp3) is 0.500. The van der Waals surface area contributed by atoms with Crippen LogP contribution in [0, 0.1) is 11.8 Å². The van der Waals surface area contributed by atoms with Crippen LogP contribution in [0.5, 0.6) is 0 Å². The molecule has 2 rings (SSSR count). The van der Waals surface area contributed by atoms with E-state index in [4.69, 9.17) is 4.74 Å². The molecule has 152 valence electrons. The number of rotatable bonds is 6. The molecule has 0 aliphatic heterocycles. The summed E-state index contributed by atoms with van der Waals surface area (Å²) >= 11 is 0. The van der Waals surface area contributed by atoms with Gasteiger partial charge in [-0.3, -0.25) is 9.59 Å². The molecule has 0 bridgehead atoms. The Labute approximate surface area is 166 Å². The first-order valence-electron chi connectivity index (χ1n) is 9.83. The second-order valence-electron chi connectivity index (χ2n) is 7.58. The van der Waals surface area contributed by atoms with Crippen molar-refractivity contribution in [1.82, 2.24) is 10.6 Å². The van der Waals surface area contributed by atoms with Gasteiger partial charge in [0.05, 0.1) is 0 Å². The van der Waals surface area contributed by atoms with Gasteiger partial charge in [-0.1, -0.05) is 57.0 Å². The van der Waals surface area contributed by atoms with Gasteiger partial charge in [-0.2, -0.15) is 0 Å². The summed E-state index contributed by atoms with van der Waals surface area (Å²) in [5.74, 6) is -0.514. The number of esters is 1. The standard InChI is InChI=1S/C22H30N2O4/c1-14-9-8-12-19(15(14)2)24-21(26)16(3)28-22(27)20(23-17(4)25)13-18-10-6-5-7-11-18/h5-7,10-11,13-16,19H,8-9,12H2,1-4H3,(H,23,25)(H,24,26)/b20-13-/t14-,15+,16+,19-/m0/s1. The lowest BCUT2D eigenvalue weighted by Gasteiger charge is -2.35. The molecular formula is C22H30N2O4. The molecule has 0 heterocycles. The maximum atomic E-state index is 12.5. The molecule has 0 spiro atoms. The Morgan fingerprint density at radius 2 is 1.82 bits per heavy atom. The van der Waals surface area contributed by atoms with E-state index < -0.39 is 12.1 Å². The molecule has 1 fully saturated rings. The lowest BCUT2D eigenvalue weighted by molar-refractivity contribution is -0.152. The Bertz CT molecular complexity index is 729. The minimum atomic E-state index is -0.954. The van der Waals surface area contributed by atoms with Gasteiger partial charge in [-0.05, 0) is 36.8 Å². The Balaban J connectivity index is 2.02. The van der Waals surface area contributed by atoms with Gasteiger partial charge in [0, 0.05) is 13.0 Å². The molecule has 1 aromatic carbocycles. The van der Waals surface area contributed by atoms with Crippen LogP contribution in [0.3, 0.4) is 0 Å². The van der Waals surface area contributed by atoms with Gasteiger partial charge < -0.3 is 15.4 Å². The predicted octanol–water partition coefficient (Wildman–Crippen LogP) is 3.04. The summed E-state index contributed by atoms with van der Waals surface area (Å²) in [6.07, 6.45) is 3.76. The SMILES string of the molecule is CC(=O)N/C(=C\c1ccccc1)C(=O)O[C@H](C)C(=O)N[C@H]1CCC[C@H](C)[C@H]1C. The largest absolute Gasteiger partial charge is 0.448 e. The molecule has 0 unspecified atom stereocenters. The molecule has 2 N–H and O–H groups in total. The van der Waals surface area contributed by atoms with Gasteiger partial charge in [0.15, 0.2) is 6.10 Å². The topological polar surface area (TPSA) is 84.5 Å². The zero-order valence-electron chi connectivity index (χ0n) is 17.0. The second-order valence-corrected chi connectivity index (χ2v) is 7.58. The maximum absolute atomic E-state index is 12.5. The molecule has 1 aliphatic rings. The molecule has 1 saturated carbocycles. The van der Waals surface area contributed by atoms with Gasteiger partial charge in [0.2, 0.25) is 5.91 Å². The van der Waals surface area contributed by atoms with Crippen molar-refractivity contribution >= 4 is 23.9 Å². The van der Waals surface area contributed by atoms with Crippen LogP contribution < -0.4 is 10.6 Å². The average molecular weight is 386 g/mol. The maximum Gasteiger partial charge on any atom is 0.355 e. The van der Waals surface area contributed by atoms with E-state index in [2.05, 4.69) is 24.5 Å². The van der Waals surface area contributed by atoms with Crippen molar-refractivity contribution in [3.05, 3.63) is 41.6 Å². The summed E-state index contributed by atoms with van der Waals surface area (Å²) in [6.45, 7) is 7.19. The number of benzene rings is 1. The highest BCUT2D eigenvalue weighted by molar-refractivity contribution is 5.98. The van der Waals surface area contributed by atoms with Crippen molar-refractivity contribution in [2.24, 2.45) is 11.8 Å². The number of ether oxygens (including phenoxy) is 1. The second kappa shape index (κ2) is 10.1. The Morgan fingerprint density at radius 3 is 2.46 bits per heavy atom. The summed E-state index contributed by atoms with van der Waals surface area (Å²) in [4.78, 5) is 36.5. The van der Waals surface area contributed by atoms with Crippen molar-refractivity contribution < 1.29 is 19.1 Å². The quantitative estimate of drug-likeness (QED) is 0.581. The highest BCUT2D eigenvalue weighted by Crippen LogP contribution is 2.29. The van der Waals surface area contributed by atoms with E-state index in [0.717, 1.165) is 18.4 Å². The van der Waals surface area contributed by atoms with Crippen molar-refractivity contribution in [3.8, 4) is 0 Å². The third-order valence-corrected chi connectivity index (χ3v) is 5.33. The van der Waals surface area contributed by atoms with E-state index in [9.17, 15) is 14.4 Å². The van der Waals surface area contributed by atoms with Crippen molar-refractivity contribution in [1.29, 1.82) is 0 Å². The summed E-state index contributed by atoms with van der Waals surface area (Å²) in [6, 6.07) is 9.20. The van der Waals surface area contributed by atoms with Gasteiger partial charge in [0.1, 0.15) is 5.70 Å². The number of hydrogen-bond donors (Lipinski definition) is 2. The van der Waals surface area contributed by atoms with Gasteiger partial charge in [-0.25, -0.2) is 4.79 Å². The first kappa shape index (κ1) is 21.7. The fourth-order valence-electron chi connectivity index (χ4n) is 3.41.